The van der Waals surface area contributed by atoms with E-state index >= 15 is 0 Å². The number of halogens is 3. The van der Waals surface area contributed by atoms with Gasteiger partial charge in [0.15, 0.2) is 0 Å². The standard InChI is InChI=1S/C11H15FN2O.2ClH/c12-10-7-9(8-13)1-2-11(10)14-3-5-15-6-4-14;;/h1-2,7H,3-6,8,13H2;2*1H. The second kappa shape index (κ2) is 7.71. The number of nitrogens with two attached hydrogens (primary N) is 1. The molecule has 1 aliphatic heterocycles. The van der Waals surface area contributed by atoms with Crippen molar-refractivity contribution in [1.29, 1.82) is 0 Å². The first-order chi connectivity index (χ1) is 7.31. The first-order valence-electron chi connectivity index (χ1n) is 5.12. The van der Waals surface area contributed by atoms with Crippen LogP contribution in [0.1, 0.15) is 5.56 Å². The van der Waals surface area contributed by atoms with Crippen LogP contribution in [0.2, 0.25) is 0 Å². The number of anilines is 1. The number of rotatable bonds is 2. The first kappa shape index (κ1) is 16.4. The van der Waals surface area contributed by atoms with E-state index in [0.29, 0.717) is 25.4 Å². The molecule has 3 nitrogen and oxygen atoms in total. The molecule has 1 fully saturated rings. The van der Waals surface area contributed by atoms with Gasteiger partial charge < -0.3 is 15.4 Å². The number of benzene rings is 1. The number of nitrogens with zero attached hydrogens (tertiary/aromatic N) is 1. The summed E-state index contributed by atoms with van der Waals surface area (Å²) in [7, 11) is 0. The minimum atomic E-state index is -0.195. The Balaban J connectivity index is 0.00000128. The molecule has 17 heavy (non-hydrogen) atoms. The van der Waals surface area contributed by atoms with Gasteiger partial charge in [0.2, 0.25) is 0 Å². The van der Waals surface area contributed by atoms with Gasteiger partial charge in [-0.1, -0.05) is 6.07 Å². The molecule has 6 heteroatoms. The SMILES string of the molecule is Cl.Cl.NCc1ccc(N2CCOCC2)c(F)c1. The van der Waals surface area contributed by atoms with E-state index in [2.05, 4.69) is 0 Å². The van der Waals surface area contributed by atoms with Crippen LogP contribution in [0.15, 0.2) is 18.2 Å². The third kappa shape index (κ3) is 4.00. The van der Waals surface area contributed by atoms with Crippen LogP contribution >= 0.6 is 24.8 Å². The van der Waals surface area contributed by atoms with Gasteiger partial charge in [0.05, 0.1) is 18.9 Å². The van der Waals surface area contributed by atoms with Crippen molar-refractivity contribution in [3.63, 3.8) is 0 Å². The molecule has 1 aliphatic rings. The molecular formula is C11H17Cl2FN2O. The Hall–Kier alpha value is -0.550. The molecule has 1 saturated heterocycles. The van der Waals surface area contributed by atoms with E-state index < -0.39 is 0 Å². The number of hydrogen-bond donors (Lipinski definition) is 1. The maximum absolute atomic E-state index is 13.7. The average Bonchev–Trinajstić information content (AvgIpc) is 2.30. The molecular weight excluding hydrogens is 266 g/mol. The summed E-state index contributed by atoms with van der Waals surface area (Å²) in [4.78, 5) is 2.00. The molecule has 0 atom stereocenters. The summed E-state index contributed by atoms with van der Waals surface area (Å²) in [6.45, 7) is 3.20. The highest BCUT2D eigenvalue weighted by atomic mass is 35.5. The van der Waals surface area contributed by atoms with Crippen LogP contribution in [0.25, 0.3) is 0 Å². The van der Waals surface area contributed by atoms with Gasteiger partial charge in [0, 0.05) is 19.6 Å². The molecule has 0 aliphatic carbocycles. The van der Waals surface area contributed by atoms with Crippen LogP contribution < -0.4 is 10.6 Å². The van der Waals surface area contributed by atoms with E-state index in [9.17, 15) is 4.39 Å². The largest absolute Gasteiger partial charge is 0.378 e. The normalized spacial score (nSPS) is 14.8. The molecule has 0 unspecified atom stereocenters. The molecule has 0 amide bonds. The zero-order chi connectivity index (χ0) is 10.7. The molecule has 98 valence electrons. The minimum Gasteiger partial charge on any atom is -0.378 e. The predicted octanol–water partition coefficient (Wildman–Crippen LogP) is 1.96. The van der Waals surface area contributed by atoms with Gasteiger partial charge >= 0.3 is 0 Å². The minimum absolute atomic E-state index is 0. The van der Waals surface area contributed by atoms with Gasteiger partial charge in [0.25, 0.3) is 0 Å². The van der Waals surface area contributed by atoms with Crippen molar-refractivity contribution in [3.8, 4) is 0 Å². The smallest absolute Gasteiger partial charge is 0.146 e. The maximum Gasteiger partial charge on any atom is 0.146 e. The van der Waals surface area contributed by atoms with Crippen molar-refractivity contribution >= 4 is 30.5 Å². The lowest BCUT2D eigenvalue weighted by molar-refractivity contribution is 0.122. The van der Waals surface area contributed by atoms with Gasteiger partial charge in [-0.15, -0.1) is 24.8 Å². The predicted molar refractivity (Wildman–Crippen MR) is 71.8 cm³/mol. The Labute approximate surface area is 113 Å². The van der Waals surface area contributed by atoms with Crippen molar-refractivity contribution in [3.05, 3.63) is 29.6 Å². The fraction of sp³-hybridized carbons (Fsp3) is 0.455. The van der Waals surface area contributed by atoms with Crippen LogP contribution in [0, 0.1) is 5.82 Å². The van der Waals surface area contributed by atoms with Crippen molar-refractivity contribution in [1.82, 2.24) is 0 Å². The van der Waals surface area contributed by atoms with E-state index in [1.165, 1.54) is 6.07 Å². The molecule has 2 N–H and O–H groups in total. The van der Waals surface area contributed by atoms with Crippen LogP contribution in [0.5, 0.6) is 0 Å². The summed E-state index contributed by atoms with van der Waals surface area (Å²) < 4.78 is 18.9. The monoisotopic (exact) mass is 282 g/mol. The second-order valence-electron chi connectivity index (χ2n) is 3.59. The van der Waals surface area contributed by atoms with Gasteiger partial charge in [-0.05, 0) is 17.7 Å². The molecule has 1 heterocycles. The van der Waals surface area contributed by atoms with E-state index in [-0.39, 0.29) is 30.6 Å². The molecule has 0 spiro atoms. The molecule has 0 radical (unpaired) electrons. The molecule has 1 aromatic rings. The Kier molecular flexibility index (Phi) is 7.46. The number of morpholine rings is 1. The Morgan fingerprint density at radius 1 is 1.24 bits per heavy atom. The van der Waals surface area contributed by atoms with Crippen LogP contribution in [-0.4, -0.2) is 26.3 Å². The number of hydrogen-bond acceptors (Lipinski definition) is 3. The van der Waals surface area contributed by atoms with Crippen molar-refractivity contribution in [2.75, 3.05) is 31.2 Å². The summed E-state index contributed by atoms with van der Waals surface area (Å²) in [5, 5.41) is 0. The van der Waals surface area contributed by atoms with Gasteiger partial charge in [0.1, 0.15) is 5.82 Å². The van der Waals surface area contributed by atoms with Crippen LogP contribution in [0.3, 0.4) is 0 Å². The fourth-order valence-corrected chi connectivity index (χ4v) is 1.74. The average molecular weight is 283 g/mol. The Bertz CT molecular complexity index is 346. The van der Waals surface area contributed by atoms with Crippen molar-refractivity contribution < 1.29 is 9.13 Å². The molecule has 1 aromatic carbocycles. The third-order valence-electron chi connectivity index (χ3n) is 2.60. The highest BCUT2D eigenvalue weighted by molar-refractivity contribution is 5.85. The highest BCUT2D eigenvalue weighted by Gasteiger charge is 2.14. The van der Waals surface area contributed by atoms with E-state index in [0.717, 1.165) is 18.7 Å². The lowest BCUT2D eigenvalue weighted by atomic mass is 10.2. The quantitative estimate of drug-likeness (QED) is 0.901. The zero-order valence-electron chi connectivity index (χ0n) is 9.39. The molecule has 0 saturated carbocycles. The van der Waals surface area contributed by atoms with Gasteiger partial charge in [-0.2, -0.15) is 0 Å². The zero-order valence-corrected chi connectivity index (χ0v) is 11.0. The fourth-order valence-electron chi connectivity index (χ4n) is 1.74. The summed E-state index contributed by atoms with van der Waals surface area (Å²) in [6.07, 6.45) is 0. The molecule has 0 bridgehead atoms. The first-order valence-corrected chi connectivity index (χ1v) is 5.12. The highest BCUT2D eigenvalue weighted by Crippen LogP contribution is 2.21. The third-order valence-corrected chi connectivity index (χ3v) is 2.60. The second-order valence-corrected chi connectivity index (χ2v) is 3.59. The maximum atomic E-state index is 13.7. The summed E-state index contributed by atoms with van der Waals surface area (Å²) in [6, 6.07) is 5.17. The van der Waals surface area contributed by atoms with Crippen molar-refractivity contribution in [2.24, 2.45) is 5.73 Å². The van der Waals surface area contributed by atoms with Crippen molar-refractivity contribution in [2.45, 2.75) is 6.54 Å². The molecule has 0 aromatic heterocycles. The van der Waals surface area contributed by atoms with Gasteiger partial charge in [-0.3, -0.25) is 0 Å². The lowest BCUT2D eigenvalue weighted by Crippen LogP contribution is -2.36. The lowest BCUT2D eigenvalue weighted by Gasteiger charge is -2.29. The Morgan fingerprint density at radius 3 is 2.41 bits per heavy atom. The van der Waals surface area contributed by atoms with Gasteiger partial charge in [-0.25, -0.2) is 4.39 Å². The van der Waals surface area contributed by atoms with E-state index in [1.54, 1.807) is 6.07 Å². The summed E-state index contributed by atoms with van der Waals surface area (Å²) in [5.74, 6) is -0.195. The molecule has 2 rings (SSSR count). The number of ether oxygens (including phenoxy) is 1. The summed E-state index contributed by atoms with van der Waals surface area (Å²) >= 11 is 0. The van der Waals surface area contributed by atoms with E-state index in [4.69, 9.17) is 10.5 Å². The Morgan fingerprint density at radius 2 is 1.88 bits per heavy atom. The van der Waals surface area contributed by atoms with Crippen LogP contribution in [0.4, 0.5) is 10.1 Å². The topological polar surface area (TPSA) is 38.5 Å². The summed E-state index contributed by atoms with van der Waals surface area (Å²) in [5.41, 5.74) is 6.92. The van der Waals surface area contributed by atoms with Crippen LogP contribution in [-0.2, 0) is 11.3 Å². The van der Waals surface area contributed by atoms with E-state index in [1.807, 2.05) is 11.0 Å².